The molecule has 0 amide bonds. The number of benzene rings is 10. The Morgan fingerprint density at radius 3 is 1.67 bits per heavy atom. The Morgan fingerprint density at radius 1 is 0.364 bits per heavy atom. The van der Waals surface area contributed by atoms with Crippen LogP contribution in [0.15, 0.2) is 230 Å². The van der Waals surface area contributed by atoms with Gasteiger partial charge in [0.05, 0.1) is 24.9 Å². The Hall–Kier alpha value is -8.51. The van der Waals surface area contributed by atoms with Gasteiger partial charge in [0.1, 0.15) is 0 Å². The molecule has 3 heterocycles. The largest absolute Gasteiger partial charge is 0.309 e. The molecule has 0 saturated heterocycles. The van der Waals surface area contributed by atoms with Crippen LogP contribution in [0.3, 0.4) is 0 Å². The average molecular weight is 865 g/mol. The third-order valence-corrected chi connectivity index (χ3v) is 13.6. The van der Waals surface area contributed by atoms with E-state index in [0.717, 1.165) is 81.0 Å². The van der Waals surface area contributed by atoms with Crippen molar-refractivity contribution in [2.45, 2.75) is 0 Å². The second kappa shape index (κ2) is 15.6. The van der Waals surface area contributed by atoms with Gasteiger partial charge in [0.25, 0.3) is 0 Å². The molecule has 66 heavy (non-hydrogen) atoms. The van der Waals surface area contributed by atoms with Crippen molar-refractivity contribution in [3.8, 4) is 73.2 Å². The summed E-state index contributed by atoms with van der Waals surface area (Å²) in [6.45, 7) is 0. The number of fused-ring (bicyclic) bond motifs is 7. The fourth-order valence-corrected chi connectivity index (χ4v) is 10.6. The fourth-order valence-electron chi connectivity index (χ4n) is 9.32. The standard InChI is InChI=1S/C61H38N4S/c1-3-17-39(18-4-1)59-62-60(40-19-5-2-6-20-40)64-61(63-59)44-23-15-22-41(35-44)45-36-42-21-7-8-24-46(42)52(38-45)43-33-34-56(65-54-30-12-9-25-47(54)48-26-10-13-31-55(48)65)53(37-43)51-29-16-28-50-49-27-11-14-32-57(49)66-58(50)51/h1-38H/i9D,10D,25D,26D,30D,31D. The van der Waals surface area contributed by atoms with Crippen LogP contribution in [0.4, 0.5) is 0 Å². The summed E-state index contributed by atoms with van der Waals surface area (Å²) in [4.78, 5) is 15.0. The van der Waals surface area contributed by atoms with Crippen LogP contribution in [-0.4, -0.2) is 19.5 Å². The first-order chi connectivity index (χ1) is 35.2. The Morgan fingerprint density at radius 2 is 0.939 bits per heavy atom. The maximum atomic E-state index is 9.34. The molecule has 0 radical (unpaired) electrons. The van der Waals surface area contributed by atoms with Crippen molar-refractivity contribution in [2.75, 3.05) is 0 Å². The van der Waals surface area contributed by atoms with Crippen LogP contribution in [0, 0.1) is 0 Å². The summed E-state index contributed by atoms with van der Waals surface area (Å²) in [6, 6.07) is 64.1. The molecule has 0 aliphatic heterocycles. The molecule has 0 aliphatic carbocycles. The average Bonchev–Trinajstić information content (AvgIpc) is 4.00. The quantitative estimate of drug-likeness (QED) is 0.160. The summed E-state index contributed by atoms with van der Waals surface area (Å²) < 4.78 is 58.3. The lowest BCUT2D eigenvalue weighted by atomic mass is 9.90. The molecule has 3 aromatic heterocycles. The van der Waals surface area contributed by atoms with Crippen molar-refractivity contribution in [1.29, 1.82) is 0 Å². The molecular formula is C61H38N4S. The van der Waals surface area contributed by atoms with E-state index >= 15 is 0 Å². The summed E-state index contributed by atoms with van der Waals surface area (Å²) in [6.07, 6.45) is 0. The predicted octanol–water partition coefficient (Wildman–Crippen LogP) is 16.5. The number of thiophene rings is 1. The van der Waals surface area contributed by atoms with Gasteiger partial charge in [-0.2, -0.15) is 0 Å². The maximum Gasteiger partial charge on any atom is 0.164 e. The van der Waals surface area contributed by atoms with Gasteiger partial charge < -0.3 is 4.57 Å². The zero-order valence-electron chi connectivity index (χ0n) is 41.2. The van der Waals surface area contributed by atoms with Gasteiger partial charge in [0.15, 0.2) is 17.5 Å². The van der Waals surface area contributed by atoms with Crippen LogP contribution in [-0.2, 0) is 0 Å². The molecule has 0 bridgehead atoms. The van der Waals surface area contributed by atoms with E-state index in [1.807, 2.05) is 89.5 Å². The van der Waals surface area contributed by atoms with Crippen LogP contribution in [0.2, 0.25) is 0 Å². The van der Waals surface area contributed by atoms with E-state index in [0.29, 0.717) is 34.2 Å². The summed E-state index contributed by atoms with van der Waals surface area (Å²) in [5.74, 6) is 1.74. The van der Waals surface area contributed by atoms with Crippen LogP contribution in [0.25, 0.3) is 126 Å². The molecule has 13 rings (SSSR count). The van der Waals surface area contributed by atoms with Crippen LogP contribution in [0.1, 0.15) is 8.22 Å². The number of aromatic nitrogens is 4. The van der Waals surface area contributed by atoms with E-state index in [-0.39, 0.29) is 47.0 Å². The second-order valence-corrected chi connectivity index (χ2v) is 17.3. The number of hydrogen-bond donors (Lipinski definition) is 0. The third-order valence-electron chi connectivity index (χ3n) is 12.4. The molecule has 0 fully saturated rings. The first kappa shape index (κ1) is 32.2. The smallest absolute Gasteiger partial charge is 0.164 e. The Balaban J connectivity index is 1.05. The minimum atomic E-state index is -0.155. The number of hydrogen-bond acceptors (Lipinski definition) is 4. The highest BCUT2D eigenvalue weighted by molar-refractivity contribution is 7.26. The second-order valence-electron chi connectivity index (χ2n) is 16.3. The van der Waals surface area contributed by atoms with Gasteiger partial charge in [0.2, 0.25) is 0 Å². The summed E-state index contributed by atoms with van der Waals surface area (Å²) >= 11 is 1.71. The van der Waals surface area contributed by atoms with Crippen molar-refractivity contribution in [1.82, 2.24) is 19.5 Å². The van der Waals surface area contributed by atoms with Crippen molar-refractivity contribution in [3.05, 3.63) is 230 Å². The van der Waals surface area contributed by atoms with Crippen LogP contribution >= 0.6 is 11.3 Å². The van der Waals surface area contributed by atoms with E-state index in [2.05, 4.69) is 97.1 Å². The van der Waals surface area contributed by atoms with E-state index in [9.17, 15) is 2.74 Å². The van der Waals surface area contributed by atoms with Gasteiger partial charge in [-0.05, 0) is 81.5 Å². The van der Waals surface area contributed by atoms with Gasteiger partial charge in [-0.1, -0.05) is 182 Å². The lowest BCUT2D eigenvalue weighted by Gasteiger charge is -2.18. The van der Waals surface area contributed by atoms with Crippen molar-refractivity contribution in [3.63, 3.8) is 0 Å². The van der Waals surface area contributed by atoms with Gasteiger partial charge in [-0.3, -0.25) is 0 Å². The predicted molar refractivity (Wildman–Crippen MR) is 277 cm³/mol. The molecule has 0 aliphatic rings. The molecule has 0 atom stereocenters. The zero-order valence-corrected chi connectivity index (χ0v) is 36.0. The van der Waals surface area contributed by atoms with Crippen molar-refractivity contribution < 1.29 is 8.22 Å². The SMILES string of the molecule is [2H]c1cc([2H])c2c(c1[2H])c1c([2H])c([2H])cc([2H])c1n2-c1ccc(-c2cc(-c3cccc(-c4nc(-c5ccccc5)nc(-c5ccccc5)n4)c3)cc3ccccc23)cc1-c1cccc2c1sc1ccccc12. The molecular weight excluding hydrogens is 821 g/mol. The molecule has 0 saturated carbocycles. The van der Waals surface area contributed by atoms with Gasteiger partial charge in [0, 0.05) is 58.8 Å². The van der Waals surface area contributed by atoms with Gasteiger partial charge in [-0.15, -0.1) is 11.3 Å². The first-order valence-corrected chi connectivity index (χ1v) is 22.6. The van der Waals surface area contributed by atoms with Crippen molar-refractivity contribution in [2.24, 2.45) is 0 Å². The monoisotopic (exact) mass is 864 g/mol. The molecule has 10 aromatic carbocycles. The molecule has 0 spiro atoms. The van der Waals surface area contributed by atoms with E-state index in [1.54, 1.807) is 11.3 Å². The number of nitrogens with zero attached hydrogens (tertiary/aromatic N) is 4. The lowest BCUT2D eigenvalue weighted by molar-refractivity contribution is 1.07. The summed E-state index contributed by atoms with van der Waals surface area (Å²) in [5.41, 5.74) is 9.57. The Kier molecular flexibility index (Phi) is 7.62. The molecule has 13 aromatic rings. The number of rotatable bonds is 7. The lowest BCUT2D eigenvalue weighted by Crippen LogP contribution is -2.00. The Labute approximate surface area is 393 Å². The highest BCUT2D eigenvalue weighted by Gasteiger charge is 2.21. The molecule has 4 nitrogen and oxygen atoms in total. The number of para-hydroxylation sites is 2. The zero-order chi connectivity index (χ0) is 48.8. The summed E-state index contributed by atoms with van der Waals surface area (Å²) in [7, 11) is 0. The molecule has 0 unspecified atom stereocenters. The van der Waals surface area contributed by atoms with Crippen molar-refractivity contribution >= 4 is 64.1 Å². The summed E-state index contributed by atoms with van der Waals surface area (Å²) in [5, 5.41) is 4.78. The van der Waals surface area contributed by atoms with Crippen LogP contribution < -0.4 is 0 Å². The van der Waals surface area contributed by atoms with E-state index < -0.39 is 0 Å². The van der Waals surface area contributed by atoms with Crippen LogP contribution in [0.5, 0.6) is 0 Å². The van der Waals surface area contributed by atoms with E-state index in [1.165, 1.54) is 12.1 Å². The molecule has 0 N–H and O–H groups in total. The third kappa shape index (κ3) is 6.40. The Bertz CT molecular complexity index is 4230. The minimum absolute atomic E-state index is 0.00621. The first-order valence-electron chi connectivity index (χ1n) is 24.8. The molecule has 308 valence electrons. The normalized spacial score (nSPS) is 12.9. The molecule has 5 heteroatoms. The van der Waals surface area contributed by atoms with E-state index in [4.69, 9.17) is 20.4 Å². The highest BCUT2D eigenvalue weighted by Crippen LogP contribution is 2.45. The highest BCUT2D eigenvalue weighted by atomic mass is 32.1. The topological polar surface area (TPSA) is 43.6 Å². The fraction of sp³-hybridized carbons (Fsp3) is 0. The minimum Gasteiger partial charge on any atom is -0.309 e. The van der Waals surface area contributed by atoms with Gasteiger partial charge >= 0.3 is 0 Å². The maximum absolute atomic E-state index is 9.34. The van der Waals surface area contributed by atoms with Gasteiger partial charge in [-0.25, -0.2) is 15.0 Å².